The molecule has 0 aliphatic carbocycles. The molecule has 0 aromatic heterocycles. The lowest BCUT2D eigenvalue weighted by Crippen LogP contribution is -2.33. The number of nitrogens with two attached hydrogens (primary N) is 1. The molecule has 7 nitrogen and oxygen atoms in total. The highest BCUT2D eigenvalue weighted by atomic mass is 16.3. The van der Waals surface area contributed by atoms with Crippen LogP contribution in [0.3, 0.4) is 0 Å². The molecule has 2 heterocycles. The van der Waals surface area contributed by atoms with Crippen LogP contribution in [-0.2, 0) is 13.1 Å². The molecule has 0 bridgehead atoms. The third-order valence-corrected chi connectivity index (χ3v) is 3.82. The number of aromatic amines is 1. The largest absolute Gasteiger partial charge is 0.394 e. The highest BCUT2D eigenvalue weighted by Gasteiger charge is 2.18. The van der Waals surface area contributed by atoms with Gasteiger partial charge in [0.05, 0.1) is 12.7 Å². The monoisotopic (exact) mass is 327 g/mol. The van der Waals surface area contributed by atoms with E-state index in [9.17, 15) is 5.11 Å². The van der Waals surface area contributed by atoms with Crippen LogP contribution in [-0.4, -0.2) is 49.3 Å². The summed E-state index contributed by atoms with van der Waals surface area (Å²) >= 11 is 0. The third-order valence-electron chi connectivity index (χ3n) is 3.82. The zero-order valence-corrected chi connectivity index (χ0v) is 13.3. The second kappa shape index (κ2) is 7.39. The number of nitrogens with zero attached hydrogens (tertiary/aromatic N) is 3. The van der Waals surface area contributed by atoms with Gasteiger partial charge in [0.2, 0.25) is 0 Å². The Bertz CT molecular complexity index is 746. The molecule has 126 valence electrons. The zero-order chi connectivity index (χ0) is 16.9. The summed E-state index contributed by atoms with van der Waals surface area (Å²) in [7, 11) is 0. The van der Waals surface area contributed by atoms with Crippen molar-refractivity contribution in [1.82, 2.24) is 19.9 Å². The van der Waals surface area contributed by atoms with Crippen LogP contribution in [0.4, 0.5) is 5.95 Å². The minimum atomic E-state index is -0.797. The smallest absolute Gasteiger partial charge is 0.198 e. The van der Waals surface area contributed by atoms with Crippen LogP contribution in [0.5, 0.6) is 0 Å². The van der Waals surface area contributed by atoms with Crippen LogP contribution in [0.1, 0.15) is 11.1 Å². The minimum absolute atomic E-state index is 0.272. The Morgan fingerprint density at radius 3 is 2.75 bits per heavy atom. The third kappa shape index (κ3) is 3.88. The lowest BCUT2D eigenvalue weighted by molar-refractivity contribution is 0.0542. The van der Waals surface area contributed by atoms with Gasteiger partial charge >= 0.3 is 0 Å². The molecule has 1 aromatic rings. The van der Waals surface area contributed by atoms with Crippen molar-refractivity contribution >= 4 is 5.95 Å². The maximum atomic E-state index is 9.84. The van der Waals surface area contributed by atoms with Gasteiger partial charge in [0, 0.05) is 37.6 Å². The quantitative estimate of drug-likeness (QED) is 0.512. The summed E-state index contributed by atoms with van der Waals surface area (Å²) in [6, 6.07) is 9.99. The fraction of sp³-hybridized carbons (Fsp3) is 0.294. The number of aliphatic hydroxyl groups is 2. The first-order chi connectivity index (χ1) is 11.7. The van der Waals surface area contributed by atoms with Gasteiger partial charge < -0.3 is 20.9 Å². The van der Waals surface area contributed by atoms with E-state index >= 15 is 0 Å². The maximum absolute atomic E-state index is 9.84. The predicted octanol–water partition coefficient (Wildman–Crippen LogP) is 0.847. The number of hydrogen-bond acceptors (Lipinski definition) is 6. The number of H-pyrrole nitrogens is 1. The van der Waals surface area contributed by atoms with Crippen LogP contribution in [0.15, 0.2) is 42.7 Å². The summed E-state index contributed by atoms with van der Waals surface area (Å²) in [4.78, 5) is 13.5. The van der Waals surface area contributed by atoms with E-state index in [1.165, 1.54) is 0 Å². The molecule has 5 N–H and O–H groups in total. The van der Waals surface area contributed by atoms with Crippen LogP contribution >= 0.6 is 0 Å². The van der Waals surface area contributed by atoms with Crippen molar-refractivity contribution in [2.24, 2.45) is 0 Å². The Labute approximate surface area is 140 Å². The molecule has 1 atom stereocenters. The van der Waals surface area contributed by atoms with Gasteiger partial charge in [0.15, 0.2) is 5.95 Å². The summed E-state index contributed by atoms with van der Waals surface area (Å²) in [5, 5.41) is 19.0. The van der Waals surface area contributed by atoms with Crippen molar-refractivity contribution in [3.63, 3.8) is 0 Å². The Hall–Kier alpha value is -2.48. The van der Waals surface area contributed by atoms with Crippen molar-refractivity contribution in [1.29, 1.82) is 0 Å². The maximum Gasteiger partial charge on any atom is 0.198 e. The number of nitrogens with one attached hydrogen (secondary N) is 1. The van der Waals surface area contributed by atoms with E-state index in [-0.39, 0.29) is 6.61 Å². The van der Waals surface area contributed by atoms with Gasteiger partial charge in [-0.15, -0.1) is 0 Å². The summed E-state index contributed by atoms with van der Waals surface area (Å²) in [6.45, 7) is 1.29. The van der Waals surface area contributed by atoms with Crippen LogP contribution in [0, 0.1) is 0 Å². The van der Waals surface area contributed by atoms with Gasteiger partial charge in [-0.3, -0.25) is 9.88 Å². The predicted molar refractivity (Wildman–Crippen MR) is 91.1 cm³/mol. The second-order valence-electron chi connectivity index (χ2n) is 5.79. The number of fused-ring (bicyclic) bond motifs is 1. The van der Waals surface area contributed by atoms with Crippen molar-refractivity contribution in [3.8, 4) is 11.4 Å². The number of benzene rings is 1. The van der Waals surface area contributed by atoms with Gasteiger partial charge in [-0.2, -0.15) is 0 Å². The number of hydrogen-bond donors (Lipinski definition) is 4. The average molecular weight is 327 g/mol. The number of aromatic nitrogens is 3. The Kier molecular flexibility index (Phi) is 5.05. The van der Waals surface area contributed by atoms with Gasteiger partial charge in [-0.25, -0.2) is 4.98 Å². The van der Waals surface area contributed by atoms with Gasteiger partial charge in [-0.05, 0) is 5.56 Å². The molecule has 2 aliphatic heterocycles. The first-order valence-corrected chi connectivity index (χ1v) is 7.79. The summed E-state index contributed by atoms with van der Waals surface area (Å²) in [6.07, 6.45) is 2.70. The summed E-state index contributed by atoms with van der Waals surface area (Å²) in [5.41, 5.74) is 9.30. The summed E-state index contributed by atoms with van der Waals surface area (Å²) < 4.78 is 0. The van der Waals surface area contributed by atoms with Crippen molar-refractivity contribution < 1.29 is 10.2 Å². The zero-order valence-electron chi connectivity index (χ0n) is 13.3. The fourth-order valence-electron chi connectivity index (χ4n) is 2.70. The molecule has 3 rings (SSSR count). The lowest BCUT2D eigenvalue weighted by atomic mass is 10.1. The molecule has 0 saturated heterocycles. The van der Waals surface area contributed by atoms with Gasteiger partial charge in [0.1, 0.15) is 11.4 Å². The highest BCUT2D eigenvalue weighted by molar-refractivity contribution is 5.61. The SMILES string of the molecule is Nc1nc2c(CN(Cc3ccccc3)C[C@@H](O)CO)cnc-2c[nH]1. The number of nitrogen functional groups attached to an aromatic ring is 1. The minimum Gasteiger partial charge on any atom is -0.394 e. The molecule has 0 spiro atoms. The first-order valence-electron chi connectivity index (χ1n) is 7.79. The number of anilines is 1. The average Bonchev–Trinajstić information content (AvgIpc) is 2.97. The molecule has 0 unspecified atom stereocenters. The molecule has 0 fully saturated rings. The van der Waals surface area contributed by atoms with Crippen molar-refractivity contribution in [2.75, 3.05) is 18.9 Å². The van der Waals surface area contributed by atoms with Crippen LogP contribution in [0.2, 0.25) is 0 Å². The van der Waals surface area contributed by atoms with Gasteiger partial charge in [-0.1, -0.05) is 30.3 Å². The van der Waals surface area contributed by atoms with E-state index in [1.54, 1.807) is 12.4 Å². The van der Waals surface area contributed by atoms with Crippen LogP contribution < -0.4 is 5.73 Å². The fourth-order valence-corrected chi connectivity index (χ4v) is 2.70. The molecule has 7 heteroatoms. The van der Waals surface area contributed by atoms with E-state index in [2.05, 4.69) is 19.9 Å². The molecule has 0 radical (unpaired) electrons. The number of rotatable bonds is 7. The Morgan fingerprint density at radius 1 is 1.21 bits per heavy atom. The van der Waals surface area contributed by atoms with E-state index in [1.807, 2.05) is 30.3 Å². The van der Waals surface area contributed by atoms with Crippen molar-refractivity contribution in [3.05, 3.63) is 53.9 Å². The van der Waals surface area contributed by atoms with E-state index in [0.29, 0.717) is 25.6 Å². The second-order valence-corrected chi connectivity index (χ2v) is 5.79. The molecular formula is C17H21N5O2. The number of aliphatic hydroxyl groups excluding tert-OH is 2. The molecule has 1 aromatic carbocycles. The Balaban J connectivity index is 1.81. The highest BCUT2D eigenvalue weighted by Crippen LogP contribution is 2.24. The molecule has 0 amide bonds. The molecule has 0 saturated carbocycles. The molecule has 2 aliphatic rings. The first kappa shape index (κ1) is 16.4. The molecule has 24 heavy (non-hydrogen) atoms. The lowest BCUT2D eigenvalue weighted by Gasteiger charge is -2.24. The Morgan fingerprint density at radius 2 is 2.00 bits per heavy atom. The van der Waals surface area contributed by atoms with E-state index in [0.717, 1.165) is 22.5 Å². The van der Waals surface area contributed by atoms with Crippen LogP contribution in [0.25, 0.3) is 11.4 Å². The van der Waals surface area contributed by atoms with E-state index < -0.39 is 6.10 Å². The standard InChI is InChI=1S/C17H21N5O2/c18-17-20-7-15-16(21-17)13(6-19-15)9-22(10-14(24)11-23)8-12-4-2-1-3-5-12/h1-7,14,23-24H,8-11H2,(H3,18,20,21)/t14-/m1/s1. The van der Waals surface area contributed by atoms with Gasteiger partial charge in [0.25, 0.3) is 0 Å². The van der Waals surface area contributed by atoms with Crippen molar-refractivity contribution in [2.45, 2.75) is 19.2 Å². The summed E-state index contributed by atoms with van der Waals surface area (Å²) in [5.74, 6) is 0.335. The molecular weight excluding hydrogens is 306 g/mol. The normalized spacial score (nSPS) is 12.8. The topological polar surface area (TPSA) is 111 Å². The van der Waals surface area contributed by atoms with E-state index in [4.69, 9.17) is 10.8 Å².